The van der Waals surface area contributed by atoms with Crippen LogP contribution in [0.4, 0.5) is 0 Å². The van der Waals surface area contributed by atoms with Crippen molar-refractivity contribution in [2.45, 2.75) is 77.6 Å². The van der Waals surface area contributed by atoms with Crippen LogP contribution in [0.3, 0.4) is 0 Å². The predicted octanol–water partition coefficient (Wildman–Crippen LogP) is 9.12. The van der Waals surface area contributed by atoms with E-state index in [-0.39, 0.29) is 0 Å². The van der Waals surface area contributed by atoms with Crippen LogP contribution in [-0.4, -0.2) is 19.9 Å². The molecule has 4 heteroatoms. The fourth-order valence-corrected chi connectivity index (χ4v) is 5.09. The Bertz CT molecular complexity index is 1390. The molecule has 0 atom stereocenters. The Hall–Kier alpha value is -3.40. The SMILES string of the molecule is CCCCCCCCCCCCc1cc2cc3nc(cc4ccc(cc5nc(cc1[nH]2)C=C5)[nH]4)C=C3. The summed E-state index contributed by atoms with van der Waals surface area (Å²) in [4.78, 5) is 16.7. The van der Waals surface area contributed by atoms with E-state index < -0.39 is 0 Å². The van der Waals surface area contributed by atoms with Gasteiger partial charge in [-0.05, 0) is 85.2 Å². The van der Waals surface area contributed by atoms with Crippen molar-refractivity contribution in [2.24, 2.45) is 0 Å². The van der Waals surface area contributed by atoms with Crippen LogP contribution in [-0.2, 0) is 6.42 Å². The lowest BCUT2D eigenvalue weighted by molar-refractivity contribution is 0.556. The Labute approximate surface area is 214 Å². The molecule has 3 aromatic heterocycles. The number of nitrogens with one attached hydrogen (secondary N) is 2. The number of aromatic amines is 2. The van der Waals surface area contributed by atoms with Crippen molar-refractivity contribution in [1.29, 1.82) is 0 Å². The number of aryl methyl sites for hydroxylation is 1. The van der Waals surface area contributed by atoms with Crippen LogP contribution in [0.5, 0.6) is 0 Å². The monoisotopic (exact) mass is 478 g/mol. The molecule has 0 spiro atoms. The third-order valence-electron chi connectivity index (χ3n) is 7.05. The first-order chi connectivity index (χ1) is 17.7. The minimum Gasteiger partial charge on any atom is -0.355 e. The van der Waals surface area contributed by atoms with Gasteiger partial charge in [0.1, 0.15) is 0 Å². The second kappa shape index (κ2) is 12.0. The largest absolute Gasteiger partial charge is 0.355 e. The number of nitrogens with zero attached hydrogens (tertiary/aromatic N) is 2. The third kappa shape index (κ3) is 6.63. The number of rotatable bonds is 11. The maximum Gasteiger partial charge on any atom is 0.0658 e. The molecule has 5 heterocycles. The predicted molar refractivity (Wildman–Crippen MR) is 154 cm³/mol. The Kier molecular flexibility index (Phi) is 8.12. The Morgan fingerprint density at radius 3 is 1.61 bits per heavy atom. The smallest absolute Gasteiger partial charge is 0.0658 e. The van der Waals surface area contributed by atoms with Crippen LogP contribution in [0.15, 0.2) is 42.5 Å². The molecule has 36 heavy (non-hydrogen) atoms. The molecule has 3 aromatic rings. The van der Waals surface area contributed by atoms with E-state index in [1.807, 2.05) is 0 Å². The summed E-state index contributed by atoms with van der Waals surface area (Å²) in [6.45, 7) is 2.28. The standard InChI is InChI=1S/C32H38N4/c1-2-3-4-5-6-7-8-9-10-11-12-24-19-31-22-29-16-15-27(34-29)20-25-13-14-26(33-25)21-28-17-18-30(35-28)23-32(24)36-31/h13-23,33,36H,2-12H2,1H3. The van der Waals surface area contributed by atoms with Crippen molar-refractivity contribution in [3.05, 3.63) is 70.8 Å². The van der Waals surface area contributed by atoms with E-state index in [0.29, 0.717) is 0 Å². The van der Waals surface area contributed by atoms with Crippen LogP contribution in [0.25, 0.3) is 46.4 Å². The van der Waals surface area contributed by atoms with Gasteiger partial charge in [-0.1, -0.05) is 64.7 Å². The molecule has 0 unspecified atom stereocenters. The van der Waals surface area contributed by atoms with Gasteiger partial charge in [0.25, 0.3) is 0 Å². The van der Waals surface area contributed by atoms with Gasteiger partial charge in [-0.3, -0.25) is 0 Å². The second-order valence-electron chi connectivity index (χ2n) is 10.1. The molecule has 5 rings (SSSR count). The van der Waals surface area contributed by atoms with E-state index in [9.17, 15) is 0 Å². The zero-order valence-corrected chi connectivity index (χ0v) is 21.5. The normalized spacial score (nSPS) is 12.5. The van der Waals surface area contributed by atoms with E-state index >= 15 is 0 Å². The lowest BCUT2D eigenvalue weighted by Crippen LogP contribution is -1.86. The molecule has 2 aliphatic heterocycles. The first-order valence-corrected chi connectivity index (χ1v) is 13.8. The van der Waals surface area contributed by atoms with E-state index in [1.165, 1.54) is 69.8 Å². The molecule has 0 saturated carbocycles. The highest BCUT2D eigenvalue weighted by Crippen LogP contribution is 2.21. The molecule has 0 aromatic carbocycles. The fourth-order valence-electron chi connectivity index (χ4n) is 5.09. The van der Waals surface area contributed by atoms with Gasteiger partial charge in [-0.15, -0.1) is 0 Å². The quantitative estimate of drug-likeness (QED) is 0.186. The summed E-state index contributed by atoms with van der Waals surface area (Å²) in [6, 6.07) is 14.9. The molecule has 8 bridgehead atoms. The molecular weight excluding hydrogens is 440 g/mol. The van der Waals surface area contributed by atoms with Crippen LogP contribution < -0.4 is 0 Å². The van der Waals surface area contributed by atoms with Gasteiger partial charge in [-0.25, -0.2) is 9.97 Å². The number of aromatic nitrogens is 4. The third-order valence-corrected chi connectivity index (χ3v) is 7.05. The summed E-state index contributed by atoms with van der Waals surface area (Å²) >= 11 is 0. The number of fused-ring (bicyclic) bond motifs is 8. The average Bonchev–Trinajstić information content (AvgIpc) is 3.66. The van der Waals surface area contributed by atoms with Crippen molar-refractivity contribution in [3.63, 3.8) is 0 Å². The summed E-state index contributed by atoms with van der Waals surface area (Å²) in [7, 11) is 0. The number of unbranched alkanes of at least 4 members (excludes halogenated alkanes) is 9. The van der Waals surface area contributed by atoms with Crippen molar-refractivity contribution < 1.29 is 0 Å². The zero-order valence-electron chi connectivity index (χ0n) is 21.5. The molecule has 0 amide bonds. The molecule has 4 nitrogen and oxygen atoms in total. The van der Waals surface area contributed by atoms with Gasteiger partial charge in [0.15, 0.2) is 0 Å². The maximum atomic E-state index is 4.83. The fraction of sp³-hybridized carbons (Fsp3) is 0.375. The van der Waals surface area contributed by atoms with Gasteiger partial charge in [0.2, 0.25) is 0 Å². The maximum absolute atomic E-state index is 4.83. The van der Waals surface area contributed by atoms with Gasteiger partial charge < -0.3 is 9.97 Å². The molecule has 186 valence electrons. The summed E-state index contributed by atoms with van der Waals surface area (Å²) in [5.74, 6) is 0. The first kappa shape index (κ1) is 24.3. The molecule has 0 saturated heterocycles. The minimum atomic E-state index is 0.958. The Morgan fingerprint density at radius 2 is 1.03 bits per heavy atom. The average molecular weight is 479 g/mol. The van der Waals surface area contributed by atoms with E-state index in [1.54, 1.807) is 0 Å². The molecular formula is C32H38N4. The van der Waals surface area contributed by atoms with Crippen LogP contribution in [0.2, 0.25) is 0 Å². The van der Waals surface area contributed by atoms with Crippen molar-refractivity contribution in [2.75, 3.05) is 0 Å². The summed E-state index contributed by atoms with van der Waals surface area (Å²) in [6.07, 6.45) is 23.0. The van der Waals surface area contributed by atoms with Gasteiger partial charge in [0, 0.05) is 22.1 Å². The van der Waals surface area contributed by atoms with Gasteiger partial charge >= 0.3 is 0 Å². The molecule has 0 radical (unpaired) electrons. The van der Waals surface area contributed by atoms with Gasteiger partial charge in [0.05, 0.1) is 22.8 Å². The van der Waals surface area contributed by atoms with Crippen molar-refractivity contribution >= 4 is 46.4 Å². The van der Waals surface area contributed by atoms with Crippen molar-refractivity contribution in [3.8, 4) is 0 Å². The lowest BCUT2D eigenvalue weighted by atomic mass is 10.0. The minimum absolute atomic E-state index is 0.958. The van der Waals surface area contributed by atoms with E-state index in [0.717, 1.165) is 51.3 Å². The lowest BCUT2D eigenvalue weighted by Gasteiger charge is -2.02. The van der Waals surface area contributed by atoms with E-state index in [2.05, 4.69) is 83.7 Å². The van der Waals surface area contributed by atoms with Crippen LogP contribution in [0.1, 0.15) is 99.5 Å². The molecule has 2 N–H and O–H groups in total. The summed E-state index contributed by atoms with van der Waals surface area (Å²) in [5, 5.41) is 0. The summed E-state index contributed by atoms with van der Waals surface area (Å²) in [5.41, 5.74) is 9.58. The molecule has 0 fully saturated rings. The van der Waals surface area contributed by atoms with Crippen molar-refractivity contribution in [1.82, 2.24) is 19.9 Å². The molecule has 2 aliphatic rings. The first-order valence-electron chi connectivity index (χ1n) is 13.8. The Balaban J connectivity index is 1.34. The Morgan fingerprint density at radius 1 is 0.528 bits per heavy atom. The highest BCUT2D eigenvalue weighted by atomic mass is 14.8. The van der Waals surface area contributed by atoms with E-state index in [4.69, 9.17) is 9.97 Å². The summed E-state index contributed by atoms with van der Waals surface area (Å²) < 4.78 is 0. The van der Waals surface area contributed by atoms with Gasteiger partial charge in [-0.2, -0.15) is 0 Å². The molecule has 0 aliphatic carbocycles. The second-order valence-corrected chi connectivity index (χ2v) is 10.1. The number of hydrogen-bond donors (Lipinski definition) is 2. The number of H-pyrrole nitrogens is 2. The number of hydrogen-bond acceptors (Lipinski definition) is 2. The highest BCUT2D eigenvalue weighted by molar-refractivity contribution is 5.78. The van der Waals surface area contributed by atoms with Crippen LogP contribution in [0, 0.1) is 0 Å². The zero-order chi connectivity index (χ0) is 24.6. The topological polar surface area (TPSA) is 57.4 Å². The highest BCUT2D eigenvalue weighted by Gasteiger charge is 2.05. The van der Waals surface area contributed by atoms with Crippen LogP contribution >= 0.6 is 0 Å².